The van der Waals surface area contributed by atoms with Crippen LogP contribution in [0.15, 0.2) is 60.7 Å². The fourth-order valence-corrected chi connectivity index (χ4v) is 4.18. The Labute approximate surface area is 210 Å². The van der Waals surface area contributed by atoms with Crippen LogP contribution in [-0.4, -0.2) is 63.5 Å². The van der Waals surface area contributed by atoms with Crippen LogP contribution in [0.4, 0.5) is 4.79 Å². The number of hydrogen-bond donors (Lipinski definition) is 3. The average molecular weight is 496 g/mol. The number of ketones is 1. The van der Waals surface area contributed by atoms with E-state index in [1.165, 1.54) is 0 Å². The normalized spacial score (nSPS) is 18.9. The van der Waals surface area contributed by atoms with Gasteiger partial charge in [0, 0.05) is 13.0 Å². The summed E-state index contributed by atoms with van der Waals surface area (Å²) in [4.78, 5) is 52.9. The Morgan fingerprint density at radius 1 is 1.00 bits per heavy atom. The molecule has 3 atom stereocenters. The summed E-state index contributed by atoms with van der Waals surface area (Å²) in [5.74, 6) is -2.85. The van der Waals surface area contributed by atoms with Crippen molar-refractivity contribution in [1.29, 1.82) is 0 Å². The van der Waals surface area contributed by atoms with Crippen molar-refractivity contribution < 1.29 is 29.0 Å². The summed E-state index contributed by atoms with van der Waals surface area (Å²) in [6.45, 7) is 5.01. The maximum absolute atomic E-state index is 13.8. The minimum Gasteiger partial charge on any atom is -0.479 e. The molecule has 1 saturated heterocycles. The van der Waals surface area contributed by atoms with Crippen LogP contribution in [0.25, 0.3) is 0 Å². The quantitative estimate of drug-likeness (QED) is 0.454. The third kappa shape index (κ3) is 6.09. The fraction of sp³-hybridized carbons (Fsp3) is 0.407. The van der Waals surface area contributed by atoms with E-state index in [1.807, 2.05) is 36.4 Å². The van der Waals surface area contributed by atoms with Gasteiger partial charge in [0.05, 0.1) is 12.1 Å². The highest BCUT2D eigenvalue weighted by Gasteiger charge is 2.62. The monoisotopic (exact) mass is 495 g/mol. The zero-order valence-electron chi connectivity index (χ0n) is 20.8. The first-order valence-electron chi connectivity index (χ1n) is 11.9. The SMILES string of the molecule is CC(C)(C)OC(=O)N1CCC1(C(=O)O)C(=O)[C@H](Cc1ccccc1)NC(=O)[C@@H](N)Cc1ccccc1. The molecule has 2 aromatic rings. The van der Waals surface area contributed by atoms with E-state index in [4.69, 9.17) is 10.5 Å². The molecule has 1 fully saturated rings. The van der Waals surface area contributed by atoms with Gasteiger partial charge in [-0.15, -0.1) is 0 Å². The number of amides is 2. The van der Waals surface area contributed by atoms with E-state index in [9.17, 15) is 24.3 Å². The van der Waals surface area contributed by atoms with E-state index < -0.39 is 47.0 Å². The van der Waals surface area contributed by atoms with Crippen molar-refractivity contribution in [2.45, 2.75) is 63.3 Å². The molecule has 0 spiro atoms. The first-order chi connectivity index (χ1) is 16.9. The topological polar surface area (TPSA) is 139 Å². The molecule has 1 heterocycles. The summed E-state index contributed by atoms with van der Waals surface area (Å²) >= 11 is 0. The molecule has 2 aromatic carbocycles. The number of nitrogens with zero attached hydrogens (tertiary/aromatic N) is 1. The molecular weight excluding hydrogens is 462 g/mol. The van der Waals surface area contributed by atoms with Crippen molar-refractivity contribution in [3.05, 3.63) is 71.8 Å². The van der Waals surface area contributed by atoms with Gasteiger partial charge in [-0.2, -0.15) is 0 Å². The van der Waals surface area contributed by atoms with Gasteiger partial charge in [0.1, 0.15) is 5.60 Å². The second-order valence-corrected chi connectivity index (χ2v) is 9.96. The lowest BCUT2D eigenvalue weighted by atomic mass is 9.77. The van der Waals surface area contributed by atoms with Crippen molar-refractivity contribution in [3.63, 3.8) is 0 Å². The molecule has 1 unspecified atom stereocenters. The zero-order chi connectivity index (χ0) is 26.5. The van der Waals surface area contributed by atoms with Gasteiger partial charge >= 0.3 is 12.1 Å². The van der Waals surface area contributed by atoms with Crippen LogP contribution >= 0.6 is 0 Å². The molecule has 4 N–H and O–H groups in total. The predicted octanol–water partition coefficient (Wildman–Crippen LogP) is 2.32. The predicted molar refractivity (Wildman–Crippen MR) is 133 cm³/mol. The number of carbonyl (C=O) groups is 4. The van der Waals surface area contributed by atoms with Gasteiger partial charge in [0.15, 0.2) is 5.78 Å². The van der Waals surface area contributed by atoms with Crippen LogP contribution in [0.3, 0.4) is 0 Å². The largest absolute Gasteiger partial charge is 0.479 e. The van der Waals surface area contributed by atoms with E-state index in [0.717, 1.165) is 16.0 Å². The maximum atomic E-state index is 13.8. The number of rotatable bonds is 9. The number of carbonyl (C=O) groups excluding carboxylic acids is 3. The molecule has 0 aliphatic carbocycles. The highest BCUT2D eigenvalue weighted by atomic mass is 16.6. The van der Waals surface area contributed by atoms with Gasteiger partial charge < -0.3 is 20.9 Å². The number of carboxylic acids is 1. The summed E-state index contributed by atoms with van der Waals surface area (Å²) in [6, 6.07) is 15.9. The van der Waals surface area contributed by atoms with Gasteiger partial charge in [-0.1, -0.05) is 60.7 Å². The van der Waals surface area contributed by atoms with Crippen molar-refractivity contribution in [3.8, 4) is 0 Å². The van der Waals surface area contributed by atoms with Crippen molar-refractivity contribution in [2.75, 3.05) is 6.54 Å². The Morgan fingerprint density at radius 3 is 1.97 bits per heavy atom. The Bertz CT molecular complexity index is 1100. The lowest BCUT2D eigenvalue weighted by Crippen LogP contribution is -2.74. The van der Waals surface area contributed by atoms with E-state index in [1.54, 1.807) is 45.0 Å². The summed E-state index contributed by atoms with van der Waals surface area (Å²) in [7, 11) is 0. The lowest BCUT2D eigenvalue weighted by Gasteiger charge is -2.49. The molecule has 36 heavy (non-hydrogen) atoms. The lowest BCUT2D eigenvalue weighted by molar-refractivity contribution is -0.168. The molecule has 2 amide bonds. The third-order valence-corrected chi connectivity index (χ3v) is 6.08. The first kappa shape index (κ1) is 26.9. The molecule has 3 rings (SSSR count). The highest BCUT2D eigenvalue weighted by Crippen LogP contribution is 2.35. The molecule has 1 aliphatic heterocycles. The molecule has 0 saturated carbocycles. The maximum Gasteiger partial charge on any atom is 0.411 e. The number of aliphatic carboxylic acids is 1. The molecule has 9 nitrogen and oxygen atoms in total. The number of benzene rings is 2. The van der Waals surface area contributed by atoms with Crippen LogP contribution in [-0.2, 0) is 32.0 Å². The molecule has 0 aromatic heterocycles. The van der Waals surface area contributed by atoms with Crippen LogP contribution in [0.1, 0.15) is 38.3 Å². The van der Waals surface area contributed by atoms with E-state index >= 15 is 0 Å². The smallest absolute Gasteiger partial charge is 0.411 e. The van der Waals surface area contributed by atoms with Gasteiger partial charge in [-0.3, -0.25) is 14.5 Å². The molecule has 9 heteroatoms. The number of hydrogen-bond acceptors (Lipinski definition) is 6. The number of ether oxygens (including phenoxy) is 1. The van der Waals surface area contributed by atoms with Gasteiger partial charge in [0.25, 0.3) is 0 Å². The van der Waals surface area contributed by atoms with Gasteiger partial charge in [0.2, 0.25) is 11.4 Å². The summed E-state index contributed by atoms with van der Waals surface area (Å²) in [5, 5.41) is 12.8. The van der Waals surface area contributed by atoms with Crippen molar-refractivity contribution >= 4 is 23.8 Å². The molecule has 1 aliphatic rings. The van der Waals surface area contributed by atoms with E-state index in [0.29, 0.717) is 0 Å². The Hall–Kier alpha value is -3.72. The van der Waals surface area contributed by atoms with Crippen molar-refractivity contribution in [2.24, 2.45) is 5.73 Å². The zero-order valence-corrected chi connectivity index (χ0v) is 20.8. The number of nitrogens with two attached hydrogens (primary N) is 1. The molecule has 0 radical (unpaired) electrons. The minimum atomic E-state index is -2.14. The van der Waals surface area contributed by atoms with E-state index in [2.05, 4.69) is 5.32 Å². The van der Waals surface area contributed by atoms with Crippen LogP contribution in [0.2, 0.25) is 0 Å². The Morgan fingerprint density at radius 2 is 1.53 bits per heavy atom. The Kier molecular flexibility index (Phi) is 8.14. The van der Waals surface area contributed by atoms with Crippen molar-refractivity contribution in [1.82, 2.24) is 10.2 Å². The second kappa shape index (κ2) is 10.9. The summed E-state index contributed by atoms with van der Waals surface area (Å²) in [6.07, 6.45) is -0.694. The summed E-state index contributed by atoms with van der Waals surface area (Å²) < 4.78 is 5.35. The van der Waals surface area contributed by atoms with Crippen LogP contribution in [0, 0.1) is 0 Å². The fourth-order valence-electron chi connectivity index (χ4n) is 4.18. The number of nitrogens with one attached hydrogen (secondary N) is 1. The number of likely N-dealkylation sites (tertiary alicyclic amines) is 1. The Balaban J connectivity index is 1.87. The standard InChI is InChI=1S/C27H33N3O6/c1-26(2,3)36-25(35)30-15-14-27(30,24(33)34)22(31)21(17-19-12-8-5-9-13-19)29-23(32)20(28)16-18-10-6-4-7-11-18/h4-13,20-21H,14-17,28H2,1-3H3,(H,29,32)(H,33,34)/t20-,21-,27?/m0/s1. The van der Waals surface area contributed by atoms with E-state index in [-0.39, 0.29) is 25.8 Å². The summed E-state index contributed by atoms with van der Waals surface area (Å²) in [5.41, 5.74) is 4.68. The minimum absolute atomic E-state index is 0.0423. The van der Waals surface area contributed by atoms with Crippen LogP contribution < -0.4 is 11.1 Å². The van der Waals surface area contributed by atoms with Gasteiger partial charge in [-0.05, 0) is 44.7 Å². The first-order valence-corrected chi connectivity index (χ1v) is 11.9. The molecule has 192 valence electrons. The third-order valence-electron chi connectivity index (χ3n) is 6.08. The highest BCUT2D eigenvalue weighted by molar-refractivity contribution is 6.14. The number of carboxylic acid groups (broad SMARTS) is 1. The molecular formula is C27H33N3O6. The van der Waals surface area contributed by atoms with Crippen LogP contribution in [0.5, 0.6) is 0 Å². The molecule has 0 bridgehead atoms. The van der Waals surface area contributed by atoms with Gasteiger partial charge in [-0.25, -0.2) is 9.59 Å². The number of Topliss-reactive ketones (excluding diaryl/α,β-unsaturated/α-hetero) is 1. The average Bonchev–Trinajstić information content (AvgIpc) is 2.78. The second-order valence-electron chi connectivity index (χ2n) is 9.96.